The minimum Gasteiger partial charge on any atom is -0.389 e. The van der Waals surface area contributed by atoms with E-state index in [-0.39, 0.29) is 5.41 Å². The maximum Gasteiger partial charge on any atom is 0.107 e. The molecule has 17 heavy (non-hydrogen) atoms. The molecule has 0 spiro atoms. The molecule has 3 nitrogen and oxygen atoms in total. The van der Waals surface area contributed by atoms with E-state index in [2.05, 4.69) is 36.5 Å². The zero-order chi connectivity index (χ0) is 12.5. The first kappa shape index (κ1) is 13.0. The Morgan fingerprint density at radius 1 is 1.47 bits per heavy atom. The molecule has 96 valence electrons. The van der Waals surface area contributed by atoms with Crippen LogP contribution < -0.4 is 5.32 Å². The fraction of sp³-hybridized carbons (Fsp3) is 0.769. The Morgan fingerprint density at radius 3 is 2.65 bits per heavy atom. The molecule has 1 heterocycles. The van der Waals surface area contributed by atoms with Crippen LogP contribution in [0.1, 0.15) is 50.7 Å². The Kier molecular flexibility index (Phi) is 3.57. The molecule has 1 aromatic rings. The maximum atomic E-state index is 9.94. The third-order valence-corrected chi connectivity index (χ3v) is 4.18. The van der Waals surface area contributed by atoms with Crippen molar-refractivity contribution in [2.75, 3.05) is 6.54 Å². The first-order valence-electron chi connectivity index (χ1n) is 6.27. The van der Waals surface area contributed by atoms with Crippen LogP contribution in [0.4, 0.5) is 0 Å². The lowest BCUT2D eigenvalue weighted by atomic mass is 9.80. The lowest BCUT2D eigenvalue weighted by Gasteiger charge is -2.36. The van der Waals surface area contributed by atoms with Gasteiger partial charge in [0.1, 0.15) is 5.01 Å². The monoisotopic (exact) mass is 254 g/mol. The van der Waals surface area contributed by atoms with E-state index in [4.69, 9.17) is 0 Å². The fourth-order valence-corrected chi connectivity index (χ4v) is 2.89. The second-order valence-electron chi connectivity index (χ2n) is 6.06. The number of aromatic nitrogens is 1. The zero-order valence-corrected chi connectivity index (χ0v) is 11.7. The van der Waals surface area contributed by atoms with Gasteiger partial charge < -0.3 is 10.4 Å². The molecule has 0 atom stereocenters. The minimum atomic E-state index is -0.440. The molecule has 4 heteroatoms. The second-order valence-corrected chi connectivity index (χ2v) is 7.00. The predicted molar refractivity (Wildman–Crippen MR) is 71.3 cm³/mol. The number of aliphatic hydroxyl groups is 1. The van der Waals surface area contributed by atoms with Crippen LogP contribution in [0.2, 0.25) is 0 Å². The van der Waals surface area contributed by atoms with Crippen LogP contribution in [0.25, 0.3) is 0 Å². The van der Waals surface area contributed by atoms with Crippen molar-refractivity contribution in [2.45, 2.75) is 57.6 Å². The molecule has 1 aliphatic carbocycles. The summed E-state index contributed by atoms with van der Waals surface area (Å²) in [7, 11) is 0. The summed E-state index contributed by atoms with van der Waals surface area (Å²) in [6, 6.07) is 0. The van der Waals surface area contributed by atoms with Crippen LogP contribution in [0.5, 0.6) is 0 Å². The van der Waals surface area contributed by atoms with Crippen LogP contribution in [-0.2, 0) is 12.0 Å². The summed E-state index contributed by atoms with van der Waals surface area (Å²) in [5, 5.41) is 16.5. The van der Waals surface area contributed by atoms with Crippen LogP contribution in [0, 0.1) is 0 Å². The lowest BCUT2D eigenvalue weighted by molar-refractivity contribution is -0.0314. The maximum absolute atomic E-state index is 9.94. The zero-order valence-electron chi connectivity index (χ0n) is 10.9. The van der Waals surface area contributed by atoms with E-state index in [0.717, 1.165) is 36.5 Å². The van der Waals surface area contributed by atoms with E-state index >= 15 is 0 Å². The topological polar surface area (TPSA) is 45.1 Å². The third kappa shape index (κ3) is 3.27. The second kappa shape index (κ2) is 4.67. The summed E-state index contributed by atoms with van der Waals surface area (Å²) in [4.78, 5) is 4.62. The average molecular weight is 254 g/mol. The van der Waals surface area contributed by atoms with Gasteiger partial charge in [-0.3, -0.25) is 0 Å². The number of thiazole rings is 1. The van der Waals surface area contributed by atoms with Gasteiger partial charge in [0.15, 0.2) is 0 Å². The smallest absolute Gasteiger partial charge is 0.107 e. The normalized spacial score (nSPS) is 19.1. The molecule has 2 rings (SSSR count). The standard InChI is InChI=1S/C13H22N2OS/c1-12(2,3)10-8-17-11(15-10)7-14-9-13(16)5-4-6-13/h8,14,16H,4-7,9H2,1-3H3. The molecule has 1 aromatic heterocycles. The Hall–Kier alpha value is -0.450. The van der Waals surface area contributed by atoms with Crippen molar-refractivity contribution in [3.05, 3.63) is 16.1 Å². The molecule has 2 N–H and O–H groups in total. The van der Waals surface area contributed by atoms with Crippen molar-refractivity contribution in [3.63, 3.8) is 0 Å². The molecule has 1 fully saturated rings. The molecule has 0 aliphatic heterocycles. The van der Waals surface area contributed by atoms with Crippen molar-refractivity contribution < 1.29 is 5.11 Å². The van der Waals surface area contributed by atoms with Crippen LogP contribution in [-0.4, -0.2) is 22.2 Å². The highest BCUT2D eigenvalue weighted by atomic mass is 32.1. The van der Waals surface area contributed by atoms with E-state index in [9.17, 15) is 5.11 Å². The minimum absolute atomic E-state index is 0.126. The quantitative estimate of drug-likeness (QED) is 0.867. The Bertz CT molecular complexity index is 377. The van der Waals surface area contributed by atoms with E-state index in [1.165, 1.54) is 0 Å². The highest BCUT2D eigenvalue weighted by molar-refractivity contribution is 7.09. The highest BCUT2D eigenvalue weighted by Gasteiger charge is 2.33. The number of hydrogen-bond acceptors (Lipinski definition) is 4. The van der Waals surface area contributed by atoms with Gasteiger partial charge in [-0.15, -0.1) is 11.3 Å². The first-order chi connectivity index (χ1) is 7.89. The van der Waals surface area contributed by atoms with Gasteiger partial charge in [-0.2, -0.15) is 0 Å². The van der Waals surface area contributed by atoms with E-state index in [0.29, 0.717) is 6.54 Å². The SMILES string of the molecule is CC(C)(C)c1csc(CNCC2(O)CCC2)n1. The van der Waals surface area contributed by atoms with Crippen molar-refractivity contribution >= 4 is 11.3 Å². The van der Waals surface area contributed by atoms with Crippen molar-refractivity contribution in [1.29, 1.82) is 0 Å². The summed E-state index contributed by atoms with van der Waals surface area (Å²) in [5.41, 5.74) is 0.840. The Balaban J connectivity index is 1.81. The Morgan fingerprint density at radius 2 is 2.18 bits per heavy atom. The van der Waals surface area contributed by atoms with Gasteiger partial charge in [-0.05, 0) is 19.3 Å². The van der Waals surface area contributed by atoms with Crippen molar-refractivity contribution in [1.82, 2.24) is 10.3 Å². The average Bonchev–Trinajstić information content (AvgIpc) is 2.63. The van der Waals surface area contributed by atoms with Crippen molar-refractivity contribution in [3.8, 4) is 0 Å². The van der Waals surface area contributed by atoms with Gasteiger partial charge in [0.2, 0.25) is 0 Å². The number of nitrogens with one attached hydrogen (secondary N) is 1. The summed E-state index contributed by atoms with van der Waals surface area (Å²) in [5.74, 6) is 0. The number of rotatable bonds is 4. The molecule has 1 saturated carbocycles. The fourth-order valence-electron chi connectivity index (χ4n) is 1.90. The molecular formula is C13H22N2OS. The summed E-state index contributed by atoms with van der Waals surface area (Å²) < 4.78 is 0. The van der Waals surface area contributed by atoms with Gasteiger partial charge in [-0.1, -0.05) is 20.8 Å². The molecule has 0 bridgehead atoms. The molecule has 0 aromatic carbocycles. The van der Waals surface area contributed by atoms with Crippen LogP contribution >= 0.6 is 11.3 Å². The molecule has 0 amide bonds. The molecule has 1 aliphatic rings. The first-order valence-corrected chi connectivity index (χ1v) is 7.15. The van der Waals surface area contributed by atoms with Gasteiger partial charge >= 0.3 is 0 Å². The van der Waals surface area contributed by atoms with Gasteiger partial charge in [0.05, 0.1) is 11.3 Å². The molecular weight excluding hydrogens is 232 g/mol. The van der Waals surface area contributed by atoms with Crippen molar-refractivity contribution in [2.24, 2.45) is 0 Å². The summed E-state index contributed by atoms with van der Waals surface area (Å²) >= 11 is 1.70. The van der Waals surface area contributed by atoms with Gasteiger partial charge in [0.25, 0.3) is 0 Å². The molecule has 0 unspecified atom stereocenters. The highest BCUT2D eigenvalue weighted by Crippen LogP contribution is 2.30. The third-order valence-electron chi connectivity index (χ3n) is 3.33. The number of nitrogens with zero attached hydrogens (tertiary/aromatic N) is 1. The van der Waals surface area contributed by atoms with E-state index < -0.39 is 5.60 Å². The molecule has 0 saturated heterocycles. The summed E-state index contributed by atoms with van der Waals surface area (Å²) in [6.45, 7) is 7.99. The largest absolute Gasteiger partial charge is 0.389 e. The Labute approximate surface area is 107 Å². The lowest BCUT2D eigenvalue weighted by Crippen LogP contribution is -2.45. The van der Waals surface area contributed by atoms with E-state index in [1.807, 2.05) is 0 Å². The number of hydrogen-bond donors (Lipinski definition) is 2. The van der Waals surface area contributed by atoms with E-state index in [1.54, 1.807) is 11.3 Å². The van der Waals surface area contributed by atoms with Crippen LogP contribution in [0.15, 0.2) is 5.38 Å². The van der Waals surface area contributed by atoms with Gasteiger partial charge in [0, 0.05) is 23.9 Å². The van der Waals surface area contributed by atoms with Gasteiger partial charge in [-0.25, -0.2) is 4.98 Å². The molecule has 0 radical (unpaired) electrons. The van der Waals surface area contributed by atoms with Crippen LogP contribution in [0.3, 0.4) is 0 Å². The summed E-state index contributed by atoms with van der Waals surface area (Å²) in [6.07, 6.45) is 3.03. The predicted octanol–water partition coefficient (Wildman–Crippen LogP) is 2.45.